The van der Waals surface area contributed by atoms with Crippen molar-refractivity contribution in [2.24, 2.45) is 0 Å². The molecular weight excluding hydrogens is 240 g/mol. The number of anilines is 1. The van der Waals surface area contributed by atoms with Gasteiger partial charge in [0.1, 0.15) is 5.75 Å². The van der Waals surface area contributed by atoms with E-state index in [1.54, 1.807) is 7.11 Å². The van der Waals surface area contributed by atoms with E-state index in [4.69, 9.17) is 14.7 Å². The van der Waals surface area contributed by atoms with Crippen LogP contribution in [0.1, 0.15) is 26.2 Å². The van der Waals surface area contributed by atoms with E-state index in [-0.39, 0.29) is 0 Å². The molecule has 0 fully saturated rings. The van der Waals surface area contributed by atoms with Gasteiger partial charge in [0.05, 0.1) is 19.3 Å². The Bertz CT molecular complexity index is 401. The van der Waals surface area contributed by atoms with E-state index < -0.39 is 0 Å². The molecule has 1 unspecified atom stereocenters. The molecule has 1 aromatic rings. The number of rotatable bonds is 9. The number of hydrogen-bond donors (Lipinski definition) is 1. The maximum Gasteiger partial charge on any atom is 0.121 e. The van der Waals surface area contributed by atoms with Crippen LogP contribution in [0.3, 0.4) is 0 Å². The summed E-state index contributed by atoms with van der Waals surface area (Å²) in [6.07, 6.45) is 2.29. The molecule has 19 heavy (non-hydrogen) atoms. The second-order valence-electron chi connectivity index (χ2n) is 4.34. The van der Waals surface area contributed by atoms with Gasteiger partial charge in [-0.05, 0) is 25.0 Å². The minimum atomic E-state index is 0.304. The van der Waals surface area contributed by atoms with E-state index >= 15 is 0 Å². The second kappa shape index (κ2) is 9.23. The van der Waals surface area contributed by atoms with Gasteiger partial charge in [0.15, 0.2) is 0 Å². The highest BCUT2D eigenvalue weighted by molar-refractivity contribution is 5.48. The van der Waals surface area contributed by atoms with Crippen LogP contribution in [0.5, 0.6) is 5.75 Å². The Hall–Kier alpha value is -1.73. The molecule has 0 radical (unpaired) electrons. The van der Waals surface area contributed by atoms with Crippen LogP contribution in [-0.2, 0) is 4.74 Å². The third-order valence-electron chi connectivity index (χ3n) is 2.77. The molecule has 104 valence electrons. The monoisotopic (exact) mass is 262 g/mol. The van der Waals surface area contributed by atoms with Crippen LogP contribution in [0.15, 0.2) is 24.3 Å². The summed E-state index contributed by atoms with van der Waals surface area (Å²) in [5, 5.41) is 11.9. The van der Waals surface area contributed by atoms with Crippen molar-refractivity contribution in [3.8, 4) is 11.8 Å². The van der Waals surface area contributed by atoms with Gasteiger partial charge in [0.2, 0.25) is 0 Å². The quantitative estimate of drug-likeness (QED) is 0.694. The van der Waals surface area contributed by atoms with Crippen LogP contribution in [-0.4, -0.2) is 26.4 Å². The average Bonchev–Trinajstić information content (AvgIpc) is 2.43. The summed E-state index contributed by atoms with van der Waals surface area (Å²) >= 11 is 0. The van der Waals surface area contributed by atoms with Crippen molar-refractivity contribution < 1.29 is 9.47 Å². The number of hydrogen-bond acceptors (Lipinski definition) is 4. The normalized spacial score (nSPS) is 11.6. The summed E-state index contributed by atoms with van der Waals surface area (Å²) in [5.41, 5.74) is 1.03. The van der Waals surface area contributed by atoms with Gasteiger partial charge in [-0.2, -0.15) is 5.26 Å². The molecule has 4 heteroatoms. The summed E-state index contributed by atoms with van der Waals surface area (Å²) < 4.78 is 10.8. The minimum absolute atomic E-state index is 0.304. The molecule has 0 aromatic heterocycles. The molecule has 0 saturated carbocycles. The van der Waals surface area contributed by atoms with E-state index in [1.807, 2.05) is 24.3 Å². The zero-order chi connectivity index (χ0) is 13.9. The molecule has 4 nitrogen and oxygen atoms in total. The van der Waals surface area contributed by atoms with Crippen LogP contribution in [0.4, 0.5) is 5.69 Å². The summed E-state index contributed by atoms with van der Waals surface area (Å²) in [6, 6.07) is 10.3. The topological polar surface area (TPSA) is 54.3 Å². The summed E-state index contributed by atoms with van der Waals surface area (Å²) in [4.78, 5) is 0. The molecule has 1 rings (SSSR count). The van der Waals surface area contributed by atoms with Gasteiger partial charge in [0.25, 0.3) is 0 Å². The maximum atomic E-state index is 8.46. The molecule has 0 aliphatic carbocycles. The maximum absolute atomic E-state index is 8.46. The van der Waals surface area contributed by atoms with Gasteiger partial charge in [-0.15, -0.1) is 0 Å². The number of unbranched alkanes of at least 4 members (excludes halogenated alkanes) is 1. The van der Waals surface area contributed by atoms with Gasteiger partial charge in [-0.3, -0.25) is 0 Å². The summed E-state index contributed by atoms with van der Waals surface area (Å²) in [6.45, 7) is 3.38. The van der Waals surface area contributed by atoms with E-state index in [0.717, 1.165) is 24.3 Å². The highest BCUT2D eigenvalue weighted by atomic mass is 16.5. The van der Waals surface area contributed by atoms with Gasteiger partial charge >= 0.3 is 0 Å². The Morgan fingerprint density at radius 1 is 1.42 bits per heavy atom. The zero-order valence-electron chi connectivity index (χ0n) is 11.7. The Balaban J connectivity index is 2.49. The molecule has 0 aliphatic rings. The molecule has 0 aliphatic heterocycles. The van der Waals surface area contributed by atoms with Crippen molar-refractivity contribution >= 4 is 5.69 Å². The number of benzene rings is 1. The lowest BCUT2D eigenvalue weighted by molar-refractivity contribution is 0.184. The highest BCUT2D eigenvalue weighted by Gasteiger charge is 2.05. The molecule has 1 atom stereocenters. The Kier molecular flexibility index (Phi) is 7.45. The first-order chi connectivity index (χ1) is 9.30. The first-order valence-electron chi connectivity index (χ1n) is 6.65. The largest absolute Gasteiger partial charge is 0.493 e. The van der Waals surface area contributed by atoms with Gasteiger partial charge in [-0.1, -0.05) is 13.0 Å². The number of nitriles is 1. The van der Waals surface area contributed by atoms with E-state index in [1.165, 1.54) is 0 Å². The fourth-order valence-electron chi connectivity index (χ4n) is 1.72. The van der Waals surface area contributed by atoms with Gasteiger partial charge in [0, 0.05) is 31.3 Å². The standard InChI is InChI=1S/C15H22N2O2/c1-3-13(12-18-2)17-14-7-6-8-15(11-14)19-10-5-4-9-16/h6-8,11,13,17H,3-5,10,12H2,1-2H3. The number of nitrogens with zero attached hydrogens (tertiary/aromatic N) is 1. The summed E-state index contributed by atoms with van der Waals surface area (Å²) in [5.74, 6) is 0.829. The summed E-state index contributed by atoms with van der Waals surface area (Å²) in [7, 11) is 1.71. The lowest BCUT2D eigenvalue weighted by atomic mass is 10.2. The van der Waals surface area contributed by atoms with E-state index in [9.17, 15) is 0 Å². The number of ether oxygens (including phenoxy) is 2. The van der Waals surface area contributed by atoms with Gasteiger partial charge in [-0.25, -0.2) is 0 Å². The molecule has 0 saturated heterocycles. The molecule has 1 N–H and O–H groups in total. The van der Waals surface area contributed by atoms with Crippen molar-refractivity contribution in [3.05, 3.63) is 24.3 Å². The predicted octanol–water partition coefficient (Wildman–Crippen LogP) is 3.21. The highest BCUT2D eigenvalue weighted by Crippen LogP contribution is 2.19. The van der Waals surface area contributed by atoms with Crippen molar-refractivity contribution in [3.63, 3.8) is 0 Å². The Morgan fingerprint density at radius 2 is 2.26 bits per heavy atom. The molecule has 1 aromatic carbocycles. The van der Waals surface area contributed by atoms with E-state index in [2.05, 4.69) is 18.3 Å². The lowest BCUT2D eigenvalue weighted by Crippen LogP contribution is -2.23. The second-order valence-corrected chi connectivity index (χ2v) is 4.34. The first kappa shape index (κ1) is 15.3. The average molecular weight is 262 g/mol. The van der Waals surface area contributed by atoms with Crippen molar-refractivity contribution in [2.45, 2.75) is 32.2 Å². The molecule has 0 amide bonds. The zero-order valence-corrected chi connectivity index (χ0v) is 11.7. The predicted molar refractivity (Wildman–Crippen MR) is 76.4 cm³/mol. The third kappa shape index (κ3) is 6.12. The van der Waals surface area contributed by atoms with Crippen LogP contribution in [0, 0.1) is 11.3 Å². The fraction of sp³-hybridized carbons (Fsp3) is 0.533. The lowest BCUT2D eigenvalue weighted by Gasteiger charge is -2.17. The number of methoxy groups -OCH3 is 1. The smallest absolute Gasteiger partial charge is 0.121 e. The van der Waals surface area contributed by atoms with E-state index in [0.29, 0.717) is 25.7 Å². The van der Waals surface area contributed by atoms with Gasteiger partial charge < -0.3 is 14.8 Å². The first-order valence-corrected chi connectivity index (χ1v) is 6.65. The molecule has 0 spiro atoms. The van der Waals surface area contributed by atoms with Crippen LogP contribution >= 0.6 is 0 Å². The SMILES string of the molecule is CCC(COC)Nc1cccc(OCCCC#N)c1. The Labute approximate surface area is 115 Å². The fourth-order valence-corrected chi connectivity index (χ4v) is 1.72. The van der Waals surface area contributed by atoms with Crippen LogP contribution in [0.2, 0.25) is 0 Å². The molecule has 0 bridgehead atoms. The minimum Gasteiger partial charge on any atom is -0.493 e. The van der Waals surface area contributed by atoms with Crippen molar-refractivity contribution in [1.82, 2.24) is 0 Å². The van der Waals surface area contributed by atoms with Crippen LogP contribution in [0.25, 0.3) is 0 Å². The molecular formula is C15H22N2O2. The molecule has 0 heterocycles. The third-order valence-corrected chi connectivity index (χ3v) is 2.77. The van der Waals surface area contributed by atoms with Crippen molar-refractivity contribution in [2.75, 3.05) is 25.6 Å². The number of nitrogens with one attached hydrogen (secondary N) is 1. The Morgan fingerprint density at radius 3 is 2.95 bits per heavy atom. The van der Waals surface area contributed by atoms with Crippen LogP contribution < -0.4 is 10.1 Å². The van der Waals surface area contributed by atoms with Crippen molar-refractivity contribution in [1.29, 1.82) is 5.26 Å².